The molecule has 0 aliphatic heterocycles. The Balaban J connectivity index is 0.921. The summed E-state index contributed by atoms with van der Waals surface area (Å²) >= 11 is 0. The van der Waals surface area contributed by atoms with Gasteiger partial charge in [-0.15, -0.1) is 0 Å². The highest BCUT2D eigenvalue weighted by atomic mass is 16.3. The highest BCUT2D eigenvalue weighted by molar-refractivity contribution is 6.10. The monoisotopic (exact) mass is 892 g/mol. The molecule has 3 heteroatoms. The lowest BCUT2D eigenvalue weighted by molar-refractivity contribution is 0.669. The van der Waals surface area contributed by atoms with Gasteiger partial charge in [-0.1, -0.05) is 182 Å². The van der Waals surface area contributed by atoms with Gasteiger partial charge in [-0.2, -0.15) is 0 Å². The molecule has 70 heavy (non-hydrogen) atoms. The molecule has 13 aromatic rings. The molecular weight excluding hydrogens is 849 g/mol. The summed E-state index contributed by atoms with van der Waals surface area (Å²) in [6.45, 7) is 0. The van der Waals surface area contributed by atoms with Crippen LogP contribution in [0, 0.1) is 0 Å². The van der Waals surface area contributed by atoms with E-state index in [0.717, 1.165) is 61.4 Å². The second-order valence-electron chi connectivity index (χ2n) is 18.4. The summed E-state index contributed by atoms with van der Waals surface area (Å²) in [7, 11) is 0. The molecule has 0 atom stereocenters. The second-order valence-corrected chi connectivity index (χ2v) is 18.4. The third kappa shape index (κ3) is 6.15. The molecule has 0 radical (unpaired) electrons. The maximum absolute atomic E-state index is 6.20. The average Bonchev–Trinajstić information content (AvgIpc) is 4.08. The zero-order valence-electron chi connectivity index (χ0n) is 38.2. The Kier molecular flexibility index (Phi) is 9.11. The van der Waals surface area contributed by atoms with Crippen LogP contribution < -0.4 is 4.90 Å². The Morgan fingerprint density at radius 2 is 0.814 bits per heavy atom. The molecule has 1 aliphatic carbocycles. The molecule has 2 aromatic heterocycles. The van der Waals surface area contributed by atoms with E-state index in [-0.39, 0.29) is 0 Å². The molecule has 0 fully saturated rings. The standard InChI is InChI=1S/C67H44N2O/c1-4-16-49(17-5-1)67(50-18-6-2-7-19-50)61-25-13-10-22-55(61)56-39-38-54(44-62(56)67)68(53-36-30-46(31-37-53)48-33-41-66-60(43-48)58-24-12-15-27-65(58)70-66)52-34-28-45(29-35-52)47-32-40-64-59(42-47)57-23-11-14-26-63(57)69(64)51-20-8-3-9-21-51/h1-44H. The lowest BCUT2D eigenvalue weighted by Crippen LogP contribution is -2.28. The average molecular weight is 893 g/mol. The molecule has 0 amide bonds. The summed E-state index contributed by atoms with van der Waals surface area (Å²) in [4.78, 5) is 2.42. The summed E-state index contributed by atoms with van der Waals surface area (Å²) in [6.07, 6.45) is 0. The number of benzene rings is 11. The van der Waals surface area contributed by atoms with Crippen molar-refractivity contribution in [3.05, 3.63) is 289 Å². The first-order valence-electron chi connectivity index (χ1n) is 24.1. The number of furan rings is 1. The van der Waals surface area contributed by atoms with Gasteiger partial charge in [0.2, 0.25) is 0 Å². The fourth-order valence-electron chi connectivity index (χ4n) is 11.5. The van der Waals surface area contributed by atoms with Crippen LogP contribution in [0.4, 0.5) is 17.1 Å². The molecule has 3 nitrogen and oxygen atoms in total. The summed E-state index contributed by atoms with van der Waals surface area (Å²) in [5.74, 6) is 0. The van der Waals surface area contributed by atoms with E-state index in [1.54, 1.807) is 0 Å². The van der Waals surface area contributed by atoms with E-state index in [4.69, 9.17) is 4.42 Å². The smallest absolute Gasteiger partial charge is 0.135 e. The van der Waals surface area contributed by atoms with E-state index in [1.165, 1.54) is 60.8 Å². The molecule has 2 heterocycles. The van der Waals surface area contributed by atoms with Crippen LogP contribution >= 0.6 is 0 Å². The third-order valence-corrected chi connectivity index (χ3v) is 14.7. The second kappa shape index (κ2) is 16.0. The summed E-state index contributed by atoms with van der Waals surface area (Å²) in [5.41, 5.74) is 20.3. The van der Waals surface area contributed by atoms with Crippen molar-refractivity contribution in [2.75, 3.05) is 4.90 Å². The van der Waals surface area contributed by atoms with Crippen LogP contribution in [0.1, 0.15) is 22.3 Å². The van der Waals surface area contributed by atoms with Crippen molar-refractivity contribution >= 4 is 60.8 Å². The van der Waals surface area contributed by atoms with Crippen LogP contribution in [0.25, 0.3) is 82.8 Å². The quantitative estimate of drug-likeness (QED) is 0.152. The number of aromatic nitrogens is 1. The lowest BCUT2D eigenvalue weighted by atomic mass is 9.67. The summed E-state index contributed by atoms with van der Waals surface area (Å²) in [6, 6.07) is 97.4. The third-order valence-electron chi connectivity index (χ3n) is 14.7. The van der Waals surface area contributed by atoms with Gasteiger partial charge in [-0.05, 0) is 141 Å². The fraction of sp³-hybridized carbons (Fsp3) is 0.0149. The number of anilines is 3. The van der Waals surface area contributed by atoms with Gasteiger partial charge in [0.25, 0.3) is 0 Å². The zero-order chi connectivity index (χ0) is 46.2. The zero-order valence-corrected chi connectivity index (χ0v) is 38.2. The molecule has 0 unspecified atom stereocenters. The minimum absolute atomic E-state index is 0.526. The number of hydrogen-bond donors (Lipinski definition) is 0. The van der Waals surface area contributed by atoms with Crippen molar-refractivity contribution in [3.63, 3.8) is 0 Å². The Morgan fingerprint density at radius 1 is 0.314 bits per heavy atom. The lowest BCUT2D eigenvalue weighted by Gasteiger charge is -2.35. The van der Waals surface area contributed by atoms with E-state index >= 15 is 0 Å². The fourth-order valence-corrected chi connectivity index (χ4v) is 11.5. The van der Waals surface area contributed by atoms with Crippen molar-refractivity contribution in [3.8, 4) is 39.1 Å². The molecule has 14 rings (SSSR count). The normalized spacial score (nSPS) is 12.7. The van der Waals surface area contributed by atoms with E-state index in [0.29, 0.717) is 0 Å². The molecule has 1 aliphatic rings. The van der Waals surface area contributed by atoms with Crippen molar-refractivity contribution in [1.82, 2.24) is 4.57 Å². The Hall–Kier alpha value is -9.18. The molecular formula is C67H44N2O. The van der Waals surface area contributed by atoms with Gasteiger partial charge in [0.05, 0.1) is 16.4 Å². The van der Waals surface area contributed by atoms with Gasteiger partial charge >= 0.3 is 0 Å². The van der Waals surface area contributed by atoms with Crippen LogP contribution in [-0.4, -0.2) is 4.57 Å². The largest absolute Gasteiger partial charge is 0.456 e. The van der Waals surface area contributed by atoms with Crippen molar-refractivity contribution < 1.29 is 4.42 Å². The highest BCUT2D eigenvalue weighted by Crippen LogP contribution is 2.57. The van der Waals surface area contributed by atoms with Gasteiger partial charge in [0, 0.05) is 44.3 Å². The number of hydrogen-bond acceptors (Lipinski definition) is 2. The molecule has 0 saturated carbocycles. The van der Waals surface area contributed by atoms with Crippen LogP contribution in [0.2, 0.25) is 0 Å². The van der Waals surface area contributed by atoms with E-state index in [2.05, 4.69) is 264 Å². The van der Waals surface area contributed by atoms with Crippen LogP contribution in [0.5, 0.6) is 0 Å². The van der Waals surface area contributed by atoms with E-state index < -0.39 is 5.41 Å². The molecule has 0 N–H and O–H groups in total. The Morgan fingerprint density at radius 3 is 1.51 bits per heavy atom. The summed E-state index contributed by atoms with van der Waals surface area (Å²) in [5, 5.41) is 4.74. The Labute approximate surface area is 406 Å². The predicted octanol–water partition coefficient (Wildman–Crippen LogP) is 17.8. The first-order chi connectivity index (χ1) is 34.7. The Bertz CT molecular complexity index is 4050. The van der Waals surface area contributed by atoms with Crippen molar-refractivity contribution in [2.45, 2.75) is 5.41 Å². The van der Waals surface area contributed by atoms with Gasteiger partial charge in [0.15, 0.2) is 0 Å². The van der Waals surface area contributed by atoms with Gasteiger partial charge < -0.3 is 13.9 Å². The first-order valence-corrected chi connectivity index (χ1v) is 24.1. The number of nitrogens with zero attached hydrogens (tertiary/aromatic N) is 2. The van der Waals surface area contributed by atoms with Crippen LogP contribution in [0.15, 0.2) is 271 Å². The van der Waals surface area contributed by atoms with Crippen molar-refractivity contribution in [1.29, 1.82) is 0 Å². The van der Waals surface area contributed by atoms with Crippen LogP contribution in [-0.2, 0) is 5.41 Å². The maximum Gasteiger partial charge on any atom is 0.135 e. The van der Waals surface area contributed by atoms with Gasteiger partial charge in [-0.3, -0.25) is 0 Å². The highest BCUT2D eigenvalue weighted by Gasteiger charge is 2.46. The first kappa shape index (κ1) is 39.9. The number of para-hydroxylation sites is 3. The number of fused-ring (bicyclic) bond motifs is 9. The van der Waals surface area contributed by atoms with Crippen LogP contribution in [0.3, 0.4) is 0 Å². The van der Waals surface area contributed by atoms with E-state index in [9.17, 15) is 0 Å². The minimum Gasteiger partial charge on any atom is -0.456 e. The molecule has 0 bridgehead atoms. The SMILES string of the molecule is c1ccc(-n2c3ccccc3c3cc(-c4ccc(N(c5ccc(-c6ccc7oc8ccccc8c7c6)cc5)c5ccc6c(c5)C(c5ccccc5)(c5ccccc5)c5ccccc5-6)cc4)ccc32)cc1. The predicted molar refractivity (Wildman–Crippen MR) is 291 cm³/mol. The number of rotatable bonds is 8. The van der Waals surface area contributed by atoms with Gasteiger partial charge in [-0.25, -0.2) is 0 Å². The van der Waals surface area contributed by atoms with Crippen molar-refractivity contribution in [2.24, 2.45) is 0 Å². The topological polar surface area (TPSA) is 21.3 Å². The molecule has 328 valence electrons. The molecule has 0 saturated heterocycles. The maximum atomic E-state index is 6.20. The summed E-state index contributed by atoms with van der Waals surface area (Å²) < 4.78 is 8.57. The molecule has 0 spiro atoms. The van der Waals surface area contributed by atoms with Gasteiger partial charge in [0.1, 0.15) is 11.2 Å². The minimum atomic E-state index is -0.526. The molecule has 11 aromatic carbocycles. The van der Waals surface area contributed by atoms with E-state index in [1.807, 2.05) is 12.1 Å².